The van der Waals surface area contributed by atoms with E-state index in [-0.39, 0.29) is 5.69 Å². The molecule has 2 aromatic carbocycles. The molecular formula is C18H15F3N2. The number of benzene rings is 2. The van der Waals surface area contributed by atoms with E-state index in [1.807, 2.05) is 26.0 Å². The number of para-hydroxylation sites is 1. The molecule has 0 bridgehead atoms. The number of hydrogen-bond acceptors (Lipinski definition) is 2. The highest BCUT2D eigenvalue weighted by Gasteiger charge is 2.33. The minimum Gasteiger partial charge on any atom is -0.354 e. The largest absolute Gasteiger partial charge is 0.418 e. The van der Waals surface area contributed by atoms with Crippen molar-refractivity contribution < 1.29 is 13.2 Å². The van der Waals surface area contributed by atoms with Crippen LogP contribution in [0, 0.1) is 13.8 Å². The molecule has 2 nitrogen and oxygen atoms in total. The molecule has 0 saturated carbocycles. The molecule has 0 amide bonds. The first-order chi connectivity index (χ1) is 10.9. The first-order valence-corrected chi connectivity index (χ1v) is 7.16. The summed E-state index contributed by atoms with van der Waals surface area (Å²) in [4.78, 5) is 4.35. The van der Waals surface area contributed by atoms with Gasteiger partial charge in [0, 0.05) is 17.3 Å². The van der Waals surface area contributed by atoms with Gasteiger partial charge in [-0.2, -0.15) is 13.2 Å². The summed E-state index contributed by atoms with van der Waals surface area (Å²) in [6.45, 7) is 3.94. The average molecular weight is 316 g/mol. The highest BCUT2D eigenvalue weighted by atomic mass is 19.4. The molecule has 5 heteroatoms. The predicted octanol–water partition coefficient (Wildman–Crippen LogP) is 5.61. The summed E-state index contributed by atoms with van der Waals surface area (Å²) in [5.41, 5.74) is 2.86. The Hall–Kier alpha value is -2.56. The molecule has 1 aromatic heterocycles. The average Bonchev–Trinajstić information content (AvgIpc) is 2.51. The van der Waals surface area contributed by atoms with Crippen molar-refractivity contribution in [3.8, 4) is 0 Å². The van der Waals surface area contributed by atoms with Crippen LogP contribution in [0.3, 0.4) is 0 Å². The molecular weight excluding hydrogens is 301 g/mol. The van der Waals surface area contributed by atoms with E-state index in [2.05, 4.69) is 10.3 Å². The van der Waals surface area contributed by atoms with E-state index >= 15 is 0 Å². The van der Waals surface area contributed by atoms with Gasteiger partial charge in [-0.3, -0.25) is 4.98 Å². The topological polar surface area (TPSA) is 24.9 Å². The molecule has 3 rings (SSSR count). The van der Waals surface area contributed by atoms with Gasteiger partial charge in [-0.15, -0.1) is 0 Å². The van der Waals surface area contributed by atoms with Gasteiger partial charge in [0.25, 0.3) is 0 Å². The normalized spacial score (nSPS) is 11.7. The highest BCUT2D eigenvalue weighted by molar-refractivity contribution is 5.95. The third-order valence-corrected chi connectivity index (χ3v) is 3.94. The molecule has 0 spiro atoms. The lowest BCUT2D eigenvalue weighted by Crippen LogP contribution is -2.08. The standard InChI is InChI=1S/C18H15F3N2/c1-11-7-8-13-15(9-10-22-17(13)12(11)2)23-16-6-4-3-5-14(16)18(19,20)21/h3-10H,1-2H3,(H,22,23). The number of aromatic nitrogens is 1. The number of fused-ring (bicyclic) bond motifs is 1. The monoisotopic (exact) mass is 316 g/mol. The highest BCUT2D eigenvalue weighted by Crippen LogP contribution is 2.37. The fourth-order valence-electron chi connectivity index (χ4n) is 2.55. The smallest absolute Gasteiger partial charge is 0.354 e. The second-order valence-electron chi connectivity index (χ2n) is 5.43. The summed E-state index contributed by atoms with van der Waals surface area (Å²) in [5.74, 6) is 0. The van der Waals surface area contributed by atoms with Crippen molar-refractivity contribution in [3.63, 3.8) is 0 Å². The third-order valence-electron chi connectivity index (χ3n) is 3.94. The number of anilines is 2. The molecule has 0 radical (unpaired) electrons. The van der Waals surface area contributed by atoms with Crippen LogP contribution in [0.2, 0.25) is 0 Å². The lowest BCUT2D eigenvalue weighted by Gasteiger charge is -2.16. The van der Waals surface area contributed by atoms with Crippen LogP contribution in [0.5, 0.6) is 0 Å². The van der Waals surface area contributed by atoms with Crippen molar-refractivity contribution in [2.24, 2.45) is 0 Å². The van der Waals surface area contributed by atoms with Crippen molar-refractivity contribution >= 4 is 22.3 Å². The maximum Gasteiger partial charge on any atom is 0.418 e. The molecule has 3 aromatic rings. The SMILES string of the molecule is Cc1ccc2c(Nc3ccccc3C(F)(F)F)ccnc2c1C. The number of pyridine rings is 1. The third kappa shape index (κ3) is 2.86. The molecule has 118 valence electrons. The first kappa shape index (κ1) is 15.3. The van der Waals surface area contributed by atoms with E-state index in [1.165, 1.54) is 12.1 Å². The molecule has 23 heavy (non-hydrogen) atoms. The van der Waals surface area contributed by atoms with Gasteiger partial charge in [-0.1, -0.05) is 24.3 Å². The fraction of sp³-hybridized carbons (Fsp3) is 0.167. The van der Waals surface area contributed by atoms with E-state index in [0.717, 1.165) is 28.1 Å². The van der Waals surface area contributed by atoms with Crippen molar-refractivity contribution in [3.05, 3.63) is 65.4 Å². The molecule has 0 atom stereocenters. The maximum atomic E-state index is 13.1. The van der Waals surface area contributed by atoms with Crippen LogP contribution in [-0.2, 0) is 6.18 Å². The number of alkyl halides is 3. The van der Waals surface area contributed by atoms with Crippen LogP contribution in [0.25, 0.3) is 10.9 Å². The van der Waals surface area contributed by atoms with Gasteiger partial charge in [0.1, 0.15) is 0 Å². The molecule has 0 fully saturated rings. The first-order valence-electron chi connectivity index (χ1n) is 7.16. The van der Waals surface area contributed by atoms with Crippen molar-refractivity contribution in [2.45, 2.75) is 20.0 Å². The zero-order valence-electron chi connectivity index (χ0n) is 12.7. The molecule has 1 heterocycles. The van der Waals surface area contributed by atoms with E-state index in [0.29, 0.717) is 5.69 Å². The van der Waals surface area contributed by atoms with Crippen molar-refractivity contribution in [1.29, 1.82) is 0 Å². The lowest BCUT2D eigenvalue weighted by atomic mass is 10.0. The molecule has 0 saturated heterocycles. The molecule has 0 unspecified atom stereocenters. The number of aryl methyl sites for hydroxylation is 2. The van der Waals surface area contributed by atoms with Gasteiger partial charge in [0.05, 0.1) is 16.8 Å². The number of halogens is 3. The summed E-state index contributed by atoms with van der Waals surface area (Å²) < 4.78 is 39.4. The van der Waals surface area contributed by atoms with E-state index < -0.39 is 11.7 Å². The number of nitrogens with one attached hydrogen (secondary N) is 1. The second-order valence-corrected chi connectivity index (χ2v) is 5.43. The van der Waals surface area contributed by atoms with E-state index in [1.54, 1.807) is 18.3 Å². The van der Waals surface area contributed by atoms with Gasteiger partial charge in [-0.25, -0.2) is 0 Å². The lowest BCUT2D eigenvalue weighted by molar-refractivity contribution is -0.136. The summed E-state index contributed by atoms with van der Waals surface area (Å²) in [6, 6.07) is 11.0. The number of nitrogens with zero attached hydrogens (tertiary/aromatic N) is 1. The molecule has 0 aliphatic heterocycles. The van der Waals surface area contributed by atoms with Gasteiger partial charge in [-0.05, 0) is 43.2 Å². The van der Waals surface area contributed by atoms with Gasteiger partial charge < -0.3 is 5.32 Å². The molecule has 0 aliphatic rings. The quantitative estimate of drug-likeness (QED) is 0.664. The predicted molar refractivity (Wildman–Crippen MR) is 85.9 cm³/mol. The Kier molecular flexibility index (Phi) is 3.72. The Balaban J connectivity index is 2.12. The van der Waals surface area contributed by atoms with Crippen LogP contribution in [-0.4, -0.2) is 4.98 Å². The maximum absolute atomic E-state index is 13.1. The fourth-order valence-corrected chi connectivity index (χ4v) is 2.55. The zero-order valence-corrected chi connectivity index (χ0v) is 12.7. The van der Waals surface area contributed by atoms with Crippen LogP contribution >= 0.6 is 0 Å². The Morgan fingerprint density at radius 1 is 0.913 bits per heavy atom. The van der Waals surface area contributed by atoms with Crippen molar-refractivity contribution in [1.82, 2.24) is 4.98 Å². The summed E-state index contributed by atoms with van der Waals surface area (Å²) in [5, 5.41) is 3.71. The van der Waals surface area contributed by atoms with Crippen LogP contribution in [0.15, 0.2) is 48.7 Å². The van der Waals surface area contributed by atoms with Crippen LogP contribution in [0.4, 0.5) is 24.5 Å². The Labute approximate surface area is 132 Å². The molecule has 1 N–H and O–H groups in total. The second kappa shape index (κ2) is 5.57. The number of hydrogen-bond donors (Lipinski definition) is 1. The minimum absolute atomic E-state index is 0.0331. The van der Waals surface area contributed by atoms with Gasteiger partial charge >= 0.3 is 6.18 Å². The van der Waals surface area contributed by atoms with E-state index in [9.17, 15) is 13.2 Å². The van der Waals surface area contributed by atoms with Crippen molar-refractivity contribution in [2.75, 3.05) is 5.32 Å². The zero-order chi connectivity index (χ0) is 16.6. The summed E-state index contributed by atoms with van der Waals surface area (Å²) in [7, 11) is 0. The minimum atomic E-state index is -4.40. The van der Waals surface area contributed by atoms with E-state index in [4.69, 9.17) is 0 Å². The van der Waals surface area contributed by atoms with Crippen LogP contribution in [0.1, 0.15) is 16.7 Å². The van der Waals surface area contributed by atoms with Gasteiger partial charge in [0.15, 0.2) is 0 Å². The summed E-state index contributed by atoms with van der Waals surface area (Å²) >= 11 is 0. The Morgan fingerprint density at radius 2 is 1.65 bits per heavy atom. The Bertz CT molecular complexity index is 870. The molecule has 0 aliphatic carbocycles. The van der Waals surface area contributed by atoms with Gasteiger partial charge in [0.2, 0.25) is 0 Å². The summed E-state index contributed by atoms with van der Waals surface area (Å²) in [6.07, 6.45) is -2.80. The van der Waals surface area contributed by atoms with Crippen LogP contribution < -0.4 is 5.32 Å². The number of rotatable bonds is 2. The Morgan fingerprint density at radius 3 is 2.39 bits per heavy atom.